The van der Waals surface area contributed by atoms with Crippen LogP contribution in [-0.2, 0) is 28.6 Å². The molecule has 0 saturated carbocycles. The number of hydrogen-bond donors (Lipinski definition) is 0. The molecule has 64 heavy (non-hydrogen) atoms. The normalized spacial score (nSPS) is 13.2. The number of carbonyl (C=O) groups is 3. The molecule has 1 unspecified atom stereocenters. The molecule has 0 fully saturated rings. The van der Waals surface area contributed by atoms with Crippen LogP contribution < -0.4 is 0 Å². The van der Waals surface area contributed by atoms with Crippen molar-refractivity contribution in [2.75, 3.05) is 13.2 Å². The lowest BCUT2D eigenvalue weighted by molar-refractivity contribution is -0.167. The molecule has 0 aliphatic rings. The molecule has 0 aromatic rings. The molecular weight excluding hydrogens is 793 g/mol. The molecule has 0 aliphatic heterocycles. The molecule has 1 atom stereocenters. The van der Waals surface area contributed by atoms with Crippen LogP contribution >= 0.6 is 0 Å². The fraction of sp³-hybridized carbons (Fsp3) is 0.569. The van der Waals surface area contributed by atoms with Gasteiger partial charge in [-0.1, -0.05) is 251 Å². The maximum atomic E-state index is 12.8. The number of unbranched alkanes of at least 4 members (excludes halogenated alkanes) is 19. The van der Waals surface area contributed by atoms with Gasteiger partial charge in [-0.25, -0.2) is 0 Å². The SMILES string of the molecule is CC/C=C/C=C/C=C/C=C/C=C/C=C/C=C/CCCCCC(=O)OCC(COC(=O)CCCCC/C=C/C=C/C=C/C=C/CC)OC(=O)CCCCCCCCCCCCCCCC. The van der Waals surface area contributed by atoms with Crippen molar-refractivity contribution in [1.29, 1.82) is 0 Å². The Hall–Kier alpha value is -4.45. The van der Waals surface area contributed by atoms with E-state index in [4.69, 9.17) is 14.2 Å². The quantitative estimate of drug-likeness (QED) is 0.0263. The molecule has 0 radical (unpaired) electrons. The van der Waals surface area contributed by atoms with Crippen LogP contribution in [0.2, 0.25) is 0 Å². The minimum absolute atomic E-state index is 0.117. The molecule has 6 heteroatoms. The first-order valence-electron chi connectivity index (χ1n) is 25.3. The van der Waals surface area contributed by atoms with E-state index in [1.54, 1.807) is 0 Å². The van der Waals surface area contributed by atoms with Gasteiger partial charge in [-0.15, -0.1) is 0 Å². The van der Waals surface area contributed by atoms with Crippen LogP contribution in [0.3, 0.4) is 0 Å². The third-order valence-electron chi connectivity index (χ3n) is 10.2. The Morgan fingerprint density at radius 3 is 0.953 bits per heavy atom. The van der Waals surface area contributed by atoms with E-state index in [2.05, 4.69) is 45.1 Å². The second-order valence-electron chi connectivity index (χ2n) is 16.2. The van der Waals surface area contributed by atoms with Crippen molar-refractivity contribution >= 4 is 17.9 Å². The lowest BCUT2D eigenvalue weighted by atomic mass is 10.0. The van der Waals surface area contributed by atoms with Crippen LogP contribution in [0, 0.1) is 0 Å². The largest absolute Gasteiger partial charge is 0.462 e. The summed E-state index contributed by atoms with van der Waals surface area (Å²) in [6, 6.07) is 0. The van der Waals surface area contributed by atoms with Crippen LogP contribution in [0.1, 0.15) is 194 Å². The topological polar surface area (TPSA) is 78.9 Å². The molecule has 358 valence electrons. The second kappa shape index (κ2) is 51.2. The number of ether oxygens (including phenoxy) is 3. The summed E-state index contributed by atoms with van der Waals surface area (Å²) in [7, 11) is 0. The highest BCUT2D eigenvalue weighted by Crippen LogP contribution is 2.14. The molecular formula is C58H90O6. The van der Waals surface area contributed by atoms with E-state index >= 15 is 0 Å². The van der Waals surface area contributed by atoms with Crippen molar-refractivity contribution in [3.8, 4) is 0 Å². The number of esters is 3. The maximum Gasteiger partial charge on any atom is 0.306 e. The predicted octanol–water partition coefficient (Wildman–Crippen LogP) is 16.7. The van der Waals surface area contributed by atoms with Gasteiger partial charge in [0.15, 0.2) is 6.10 Å². The van der Waals surface area contributed by atoms with Crippen molar-refractivity contribution in [1.82, 2.24) is 0 Å². The third-order valence-corrected chi connectivity index (χ3v) is 10.2. The summed E-state index contributed by atoms with van der Waals surface area (Å²) in [5.41, 5.74) is 0. The molecule has 0 heterocycles. The Bertz CT molecular complexity index is 1430. The van der Waals surface area contributed by atoms with E-state index in [9.17, 15) is 14.4 Å². The summed E-state index contributed by atoms with van der Waals surface area (Å²) >= 11 is 0. The second-order valence-corrected chi connectivity index (χ2v) is 16.2. The van der Waals surface area contributed by atoms with Crippen LogP contribution in [0.15, 0.2) is 134 Å². The van der Waals surface area contributed by atoms with Crippen LogP contribution in [0.4, 0.5) is 0 Å². The number of rotatable bonds is 43. The van der Waals surface area contributed by atoms with E-state index in [1.807, 2.05) is 109 Å². The molecule has 0 spiro atoms. The molecule has 0 saturated heterocycles. The Kier molecular flexibility index (Phi) is 47.6. The van der Waals surface area contributed by atoms with Crippen LogP contribution in [0.25, 0.3) is 0 Å². The molecule has 0 amide bonds. The molecule has 0 rings (SSSR count). The zero-order chi connectivity index (χ0) is 46.5. The summed E-state index contributed by atoms with van der Waals surface area (Å²) < 4.78 is 16.7. The van der Waals surface area contributed by atoms with Crippen molar-refractivity contribution in [3.63, 3.8) is 0 Å². The first-order chi connectivity index (χ1) is 31.5. The Labute approximate surface area is 392 Å². The smallest absolute Gasteiger partial charge is 0.306 e. The fourth-order valence-electron chi connectivity index (χ4n) is 6.43. The summed E-state index contributed by atoms with van der Waals surface area (Å²) in [6.45, 7) is 6.26. The van der Waals surface area contributed by atoms with Gasteiger partial charge < -0.3 is 14.2 Å². The highest BCUT2D eigenvalue weighted by molar-refractivity contribution is 5.71. The first-order valence-corrected chi connectivity index (χ1v) is 25.3. The number of hydrogen-bond acceptors (Lipinski definition) is 6. The Balaban J connectivity index is 4.56. The van der Waals surface area contributed by atoms with E-state index in [1.165, 1.54) is 70.6 Å². The van der Waals surface area contributed by atoms with Gasteiger partial charge in [0.25, 0.3) is 0 Å². The maximum absolute atomic E-state index is 12.8. The van der Waals surface area contributed by atoms with Gasteiger partial charge in [-0.05, 0) is 57.8 Å². The molecule has 6 nitrogen and oxygen atoms in total. The number of allylic oxidation sites excluding steroid dienone is 22. The zero-order valence-corrected chi connectivity index (χ0v) is 40.7. The summed E-state index contributed by atoms with van der Waals surface area (Å²) in [4.78, 5) is 38.0. The van der Waals surface area contributed by atoms with Gasteiger partial charge in [-0.2, -0.15) is 0 Å². The van der Waals surface area contributed by atoms with E-state index in [0.717, 1.165) is 83.5 Å². The summed E-state index contributed by atoms with van der Waals surface area (Å²) in [5.74, 6) is -1.01. The van der Waals surface area contributed by atoms with Gasteiger partial charge in [0.2, 0.25) is 0 Å². The van der Waals surface area contributed by atoms with E-state index in [-0.39, 0.29) is 31.1 Å². The van der Waals surface area contributed by atoms with Crippen LogP contribution in [0.5, 0.6) is 0 Å². The molecule has 0 aromatic heterocycles. The van der Waals surface area contributed by atoms with Crippen molar-refractivity contribution < 1.29 is 28.6 Å². The average Bonchev–Trinajstić information content (AvgIpc) is 3.29. The fourth-order valence-corrected chi connectivity index (χ4v) is 6.43. The Morgan fingerprint density at radius 2 is 0.609 bits per heavy atom. The monoisotopic (exact) mass is 883 g/mol. The predicted molar refractivity (Wildman–Crippen MR) is 274 cm³/mol. The molecule has 0 aromatic carbocycles. The lowest BCUT2D eigenvalue weighted by Gasteiger charge is -2.18. The lowest BCUT2D eigenvalue weighted by Crippen LogP contribution is -2.30. The van der Waals surface area contributed by atoms with Gasteiger partial charge in [0, 0.05) is 19.3 Å². The van der Waals surface area contributed by atoms with Crippen molar-refractivity contribution in [2.45, 2.75) is 200 Å². The highest BCUT2D eigenvalue weighted by atomic mass is 16.6. The molecule has 0 N–H and O–H groups in total. The van der Waals surface area contributed by atoms with E-state index < -0.39 is 6.10 Å². The first kappa shape index (κ1) is 59.5. The molecule has 0 aliphatic carbocycles. The van der Waals surface area contributed by atoms with Crippen molar-refractivity contribution in [2.24, 2.45) is 0 Å². The minimum Gasteiger partial charge on any atom is -0.462 e. The summed E-state index contributed by atoms with van der Waals surface area (Å²) in [5, 5.41) is 0. The highest BCUT2D eigenvalue weighted by Gasteiger charge is 2.19. The minimum atomic E-state index is -0.816. The van der Waals surface area contributed by atoms with Gasteiger partial charge in [0.1, 0.15) is 13.2 Å². The van der Waals surface area contributed by atoms with Gasteiger partial charge in [-0.3, -0.25) is 14.4 Å². The summed E-state index contributed by atoms with van der Waals surface area (Å²) in [6.07, 6.45) is 71.4. The van der Waals surface area contributed by atoms with Gasteiger partial charge >= 0.3 is 17.9 Å². The third kappa shape index (κ3) is 48.6. The number of carbonyl (C=O) groups excluding carboxylic acids is 3. The standard InChI is InChI=1S/C58H90O6/c1-4-7-10-13-16-19-22-25-27-28-29-30-31-34-36-39-42-45-48-51-57(60)63-54-55(53-62-56(59)50-47-44-41-38-35-32-24-21-18-15-12-9-6-3)64-58(61)52-49-46-43-40-37-33-26-23-20-17-14-11-8-5-2/h7,9-10,12-13,15-16,18-19,21-22,24-25,27-32,34-36,55H,4-6,8,11,14,17,20,23,26,33,37-54H2,1-3H3/b10-7+,12-9+,16-13+,18-15+,22-19+,24-21+,27-25+,29-28+,31-30+,35-32+,36-34+. The molecule has 0 bridgehead atoms. The van der Waals surface area contributed by atoms with E-state index in [0.29, 0.717) is 19.3 Å². The van der Waals surface area contributed by atoms with Crippen LogP contribution in [-0.4, -0.2) is 37.2 Å². The average molecular weight is 883 g/mol. The zero-order valence-electron chi connectivity index (χ0n) is 40.7. The van der Waals surface area contributed by atoms with Crippen molar-refractivity contribution in [3.05, 3.63) is 134 Å². The Morgan fingerprint density at radius 1 is 0.328 bits per heavy atom. The van der Waals surface area contributed by atoms with Gasteiger partial charge in [0.05, 0.1) is 0 Å².